The lowest BCUT2D eigenvalue weighted by Crippen LogP contribution is -2.13. The lowest BCUT2D eigenvalue weighted by Gasteiger charge is -2.14. The lowest BCUT2D eigenvalue weighted by atomic mass is 9.89. The fraction of sp³-hybridized carbons (Fsp3) is 0.143. The van der Waals surface area contributed by atoms with Crippen LogP contribution in [-0.2, 0) is 6.42 Å². The van der Waals surface area contributed by atoms with E-state index in [2.05, 4.69) is 40.1 Å². The number of rotatable bonds is 1. The molecule has 4 aromatic rings. The van der Waals surface area contributed by atoms with Crippen molar-refractivity contribution in [3.63, 3.8) is 0 Å². The summed E-state index contributed by atoms with van der Waals surface area (Å²) < 4.78 is 0. The second kappa shape index (κ2) is 5.18. The number of carbonyl (C=O) groups is 1. The molecule has 0 radical (unpaired) electrons. The molecule has 0 saturated heterocycles. The van der Waals surface area contributed by atoms with Gasteiger partial charge in [0.25, 0.3) is 0 Å². The third-order valence-corrected chi connectivity index (χ3v) is 5.04. The van der Waals surface area contributed by atoms with Crippen LogP contribution in [0.25, 0.3) is 28.0 Å². The molecule has 122 valence electrons. The summed E-state index contributed by atoms with van der Waals surface area (Å²) in [7, 11) is 0. The SMILES string of the molecule is Cc1ccc2[nH]c3c(c2c1)CC/C(=C\c1c[nH]c2ncccc12)C3=O. The number of nitrogens with zero attached hydrogens (tertiary/aromatic N) is 1. The van der Waals surface area contributed by atoms with Gasteiger partial charge in [-0.15, -0.1) is 0 Å². The topological polar surface area (TPSA) is 61.5 Å². The molecule has 1 aliphatic rings. The summed E-state index contributed by atoms with van der Waals surface area (Å²) in [6, 6.07) is 10.2. The van der Waals surface area contributed by atoms with Crippen LogP contribution in [0.4, 0.5) is 0 Å². The van der Waals surface area contributed by atoms with Gasteiger partial charge >= 0.3 is 0 Å². The van der Waals surface area contributed by atoms with Crippen molar-refractivity contribution in [1.29, 1.82) is 0 Å². The van der Waals surface area contributed by atoms with E-state index in [1.54, 1.807) is 6.20 Å². The number of aromatic nitrogens is 3. The monoisotopic (exact) mass is 327 g/mol. The molecule has 0 saturated carbocycles. The second-order valence-electron chi connectivity index (χ2n) is 6.67. The Morgan fingerprint density at radius 1 is 1.16 bits per heavy atom. The second-order valence-corrected chi connectivity index (χ2v) is 6.67. The summed E-state index contributed by atoms with van der Waals surface area (Å²) in [5, 5.41) is 2.22. The Kier molecular flexibility index (Phi) is 2.95. The maximum absolute atomic E-state index is 13.0. The van der Waals surface area contributed by atoms with Gasteiger partial charge in [-0.05, 0) is 55.7 Å². The number of allylic oxidation sites excluding steroid dienone is 1. The van der Waals surface area contributed by atoms with Crippen LogP contribution in [-0.4, -0.2) is 20.7 Å². The minimum absolute atomic E-state index is 0.105. The molecule has 0 spiro atoms. The summed E-state index contributed by atoms with van der Waals surface area (Å²) >= 11 is 0. The van der Waals surface area contributed by atoms with Gasteiger partial charge in [0.15, 0.2) is 0 Å². The molecule has 5 rings (SSSR count). The van der Waals surface area contributed by atoms with E-state index in [1.165, 1.54) is 10.9 Å². The number of benzene rings is 1. The summed E-state index contributed by atoms with van der Waals surface area (Å²) in [4.78, 5) is 23.8. The number of aromatic amines is 2. The van der Waals surface area contributed by atoms with E-state index in [1.807, 2.05) is 24.4 Å². The number of fused-ring (bicyclic) bond motifs is 4. The first-order valence-electron chi connectivity index (χ1n) is 8.49. The third kappa shape index (κ3) is 2.14. The van der Waals surface area contributed by atoms with E-state index in [9.17, 15) is 4.79 Å². The van der Waals surface area contributed by atoms with Crippen molar-refractivity contribution in [2.75, 3.05) is 0 Å². The van der Waals surface area contributed by atoms with Gasteiger partial charge in [-0.1, -0.05) is 11.6 Å². The largest absolute Gasteiger partial charge is 0.352 e. The number of ketones is 1. The average Bonchev–Trinajstić information content (AvgIpc) is 3.19. The zero-order valence-electron chi connectivity index (χ0n) is 13.9. The van der Waals surface area contributed by atoms with Crippen molar-refractivity contribution >= 4 is 33.8 Å². The van der Waals surface area contributed by atoms with E-state index in [4.69, 9.17) is 0 Å². The van der Waals surface area contributed by atoms with Gasteiger partial charge in [-0.2, -0.15) is 0 Å². The molecule has 4 heteroatoms. The van der Waals surface area contributed by atoms with Crippen LogP contribution in [0.1, 0.15) is 33.6 Å². The van der Waals surface area contributed by atoms with Gasteiger partial charge < -0.3 is 9.97 Å². The van der Waals surface area contributed by atoms with Crippen LogP contribution in [0, 0.1) is 6.92 Å². The molecule has 3 heterocycles. The predicted octanol–water partition coefficient (Wildman–Crippen LogP) is 4.57. The van der Waals surface area contributed by atoms with Crippen LogP contribution in [0.5, 0.6) is 0 Å². The Morgan fingerprint density at radius 3 is 3.00 bits per heavy atom. The average molecular weight is 327 g/mol. The Hall–Kier alpha value is -3.14. The molecule has 0 aliphatic heterocycles. The van der Waals surface area contributed by atoms with Crippen molar-refractivity contribution in [2.24, 2.45) is 0 Å². The van der Waals surface area contributed by atoms with Crippen molar-refractivity contribution in [1.82, 2.24) is 15.0 Å². The third-order valence-electron chi connectivity index (χ3n) is 5.04. The highest BCUT2D eigenvalue weighted by atomic mass is 16.1. The number of hydrogen-bond donors (Lipinski definition) is 2. The highest BCUT2D eigenvalue weighted by molar-refractivity contribution is 6.15. The van der Waals surface area contributed by atoms with Gasteiger partial charge in [0.1, 0.15) is 5.65 Å². The normalized spacial score (nSPS) is 16.0. The Balaban J connectivity index is 1.62. The van der Waals surface area contributed by atoms with Crippen LogP contribution < -0.4 is 0 Å². The number of aryl methyl sites for hydroxylation is 2. The Morgan fingerprint density at radius 2 is 2.08 bits per heavy atom. The number of hydrogen-bond acceptors (Lipinski definition) is 2. The summed E-state index contributed by atoms with van der Waals surface area (Å²) in [6.07, 6.45) is 7.33. The van der Waals surface area contributed by atoms with Crippen molar-refractivity contribution in [3.8, 4) is 0 Å². The molecule has 1 aromatic carbocycles. The summed E-state index contributed by atoms with van der Waals surface area (Å²) in [5.74, 6) is 0.105. The first kappa shape index (κ1) is 14.2. The first-order chi connectivity index (χ1) is 12.2. The minimum atomic E-state index is 0.105. The zero-order valence-corrected chi connectivity index (χ0v) is 13.9. The smallest absolute Gasteiger partial charge is 0.205 e. The van der Waals surface area contributed by atoms with E-state index in [-0.39, 0.29) is 5.78 Å². The number of Topliss-reactive ketones (excluding diaryl/α,β-unsaturated/α-hetero) is 1. The number of pyridine rings is 1. The van der Waals surface area contributed by atoms with E-state index < -0.39 is 0 Å². The van der Waals surface area contributed by atoms with Crippen molar-refractivity contribution in [2.45, 2.75) is 19.8 Å². The molecule has 0 fully saturated rings. The molecule has 3 aromatic heterocycles. The molecule has 1 aliphatic carbocycles. The van der Waals surface area contributed by atoms with Crippen LogP contribution in [0.2, 0.25) is 0 Å². The van der Waals surface area contributed by atoms with Crippen LogP contribution in [0.15, 0.2) is 48.3 Å². The number of carbonyl (C=O) groups excluding carboxylic acids is 1. The molecular formula is C21H17N3O. The van der Waals surface area contributed by atoms with Crippen molar-refractivity contribution < 1.29 is 4.79 Å². The summed E-state index contributed by atoms with van der Waals surface area (Å²) in [5.41, 5.74) is 6.87. The van der Waals surface area contributed by atoms with E-state index in [0.717, 1.165) is 51.8 Å². The fourth-order valence-electron chi connectivity index (χ4n) is 3.77. The molecular weight excluding hydrogens is 310 g/mol. The standard InChI is InChI=1S/C21H17N3O/c1-12-4-7-18-17(9-12)16-6-5-13(20(25)19(16)24-18)10-14-11-23-21-15(14)3-2-8-22-21/h2-4,7-11,24H,5-6H2,1H3,(H,22,23)/b13-10+. The molecule has 0 atom stereocenters. The zero-order chi connectivity index (χ0) is 17.0. The highest BCUT2D eigenvalue weighted by Crippen LogP contribution is 2.33. The van der Waals surface area contributed by atoms with Gasteiger partial charge in [-0.25, -0.2) is 4.98 Å². The first-order valence-corrected chi connectivity index (χ1v) is 8.49. The van der Waals surface area contributed by atoms with E-state index >= 15 is 0 Å². The van der Waals surface area contributed by atoms with Crippen LogP contribution >= 0.6 is 0 Å². The van der Waals surface area contributed by atoms with E-state index in [0.29, 0.717) is 0 Å². The highest BCUT2D eigenvalue weighted by Gasteiger charge is 2.26. The fourth-order valence-corrected chi connectivity index (χ4v) is 3.77. The molecule has 25 heavy (non-hydrogen) atoms. The number of nitrogens with one attached hydrogen (secondary N) is 2. The molecule has 0 unspecified atom stereocenters. The Labute approximate surface area is 144 Å². The maximum atomic E-state index is 13.0. The Bertz CT molecular complexity index is 1180. The molecule has 4 nitrogen and oxygen atoms in total. The minimum Gasteiger partial charge on any atom is -0.352 e. The van der Waals surface area contributed by atoms with Gasteiger partial charge in [0, 0.05) is 39.8 Å². The van der Waals surface area contributed by atoms with Gasteiger partial charge in [0.2, 0.25) is 5.78 Å². The van der Waals surface area contributed by atoms with Crippen molar-refractivity contribution in [3.05, 3.63) is 70.7 Å². The molecule has 0 amide bonds. The maximum Gasteiger partial charge on any atom is 0.205 e. The molecule has 0 bridgehead atoms. The van der Waals surface area contributed by atoms with Crippen LogP contribution in [0.3, 0.4) is 0 Å². The molecule has 2 N–H and O–H groups in total. The predicted molar refractivity (Wildman–Crippen MR) is 99.8 cm³/mol. The van der Waals surface area contributed by atoms with Gasteiger partial charge in [0.05, 0.1) is 5.69 Å². The lowest BCUT2D eigenvalue weighted by molar-refractivity contribution is 0.102. The van der Waals surface area contributed by atoms with Gasteiger partial charge in [-0.3, -0.25) is 4.79 Å². The quantitative estimate of drug-likeness (QED) is 0.503. The number of H-pyrrole nitrogens is 2. The summed E-state index contributed by atoms with van der Waals surface area (Å²) in [6.45, 7) is 2.08.